The minimum Gasteiger partial charge on any atom is -0.391 e. The van der Waals surface area contributed by atoms with E-state index in [1.807, 2.05) is 30.3 Å². The molecule has 3 rings (SSSR count). The Morgan fingerprint density at radius 1 is 1.32 bits per heavy atom. The number of likely N-dealkylation sites (tertiary alicyclic amines) is 1. The molecule has 2 aromatic rings. The van der Waals surface area contributed by atoms with Crippen molar-refractivity contribution in [2.24, 2.45) is 5.73 Å². The van der Waals surface area contributed by atoms with Gasteiger partial charge in [-0.25, -0.2) is 0 Å². The second-order valence-corrected chi connectivity index (χ2v) is 6.01. The van der Waals surface area contributed by atoms with Gasteiger partial charge in [-0.15, -0.1) is 0 Å². The van der Waals surface area contributed by atoms with Crippen LogP contribution in [0, 0.1) is 0 Å². The standard InChI is InChI=1S/C15H15N3O3S/c16-14(20)12-6-10(19)8-18(12)15(21)13-7-11(17-22-13)9-4-2-1-3-5-9/h1-5,7,10,12,19H,6,8H2,(H2,16,20)/t10-,12+/m1/s1. The monoisotopic (exact) mass is 317 g/mol. The van der Waals surface area contributed by atoms with Crippen molar-refractivity contribution in [2.45, 2.75) is 18.6 Å². The SMILES string of the molecule is NC(=O)[C@@H]1C[C@@H](O)CN1C(=O)c1cc(-c2ccccc2)ns1. The summed E-state index contributed by atoms with van der Waals surface area (Å²) >= 11 is 1.08. The zero-order chi connectivity index (χ0) is 15.7. The molecule has 0 saturated carbocycles. The van der Waals surface area contributed by atoms with Gasteiger partial charge in [0, 0.05) is 18.5 Å². The lowest BCUT2D eigenvalue weighted by atomic mass is 10.1. The average molecular weight is 317 g/mol. The van der Waals surface area contributed by atoms with Crippen LogP contribution in [-0.2, 0) is 4.79 Å². The van der Waals surface area contributed by atoms with E-state index in [4.69, 9.17) is 5.73 Å². The topological polar surface area (TPSA) is 96.5 Å². The molecular formula is C15H15N3O3S. The number of benzene rings is 1. The molecule has 114 valence electrons. The van der Waals surface area contributed by atoms with E-state index in [1.165, 1.54) is 4.90 Å². The van der Waals surface area contributed by atoms with Crippen LogP contribution >= 0.6 is 11.5 Å². The lowest BCUT2D eigenvalue weighted by molar-refractivity contribution is -0.121. The molecule has 0 bridgehead atoms. The number of nitrogens with two attached hydrogens (primary N) is 1. The second-order valence-electron chi connectivity index (χ2n) is 5.21. The Morgan fingerprint density at radius 3 is 2.73 bits per heavy atom. The maximum absolute atomic E-state index is 12.5. The Balaban J connectivity index is 1.84. The average Bonchev–Trinajstić information content (AvgIpc) is 3.14. The van der Waals surface area contributed by atoms with Gasteiger partial charge in [-0.1, -0.05) is 30.3 Å². The number of β-amino-alcohol motifs (C(OH)–C–C–N with tert-alkyl or cyclic N) is 1. The fourth-order valence-electron chi connectivity index (χ4n) is 2.57. The van der Waals surface area contributed by atoms with E-state index >= 15 is 0 Å². The number of carbonyl (C=O) groups is 2. The molecule has 0 aliphatic carbocycles. The Labute approximate surface area is 131 Å². The molecule has 3 N–H and O–H groups in total. The first-order chi connectivity index (χ1) is 10.6. The third kappa shape index (κ3) is 2.72. The van der Waals surface area contributed by atoms with Crippen LogP contribution in [0.3, 0.4) is 0 Å². The zero-order valence-electron chi connectivity index (χ0n) is 11.7. The molecule has 0 spiro atoms. The first-order valence-electron chi connectivity index (χ1n) is 6.86. The predicted molar refractivity (Wildman–Crippen MR) is 82.2 cm³/mol. The molecule has 1 aliphatic rings. The van der Waals surface area contributed by atoms with Crippen molar-refractivity contribution >= 4 is 23.3 Å². The van der Waals surface area contributed by atoms with Gasteiger partial charge in [-0.3, -0.25) is 9.59 Å². The molecule has 2 atom stereocenters. The molecule has 1 saturated heterocycles. The Hall–Kier alpha value is -2.25. The Bertz CT molecular complexity index is 701. The zero-order valence-corrected chi connectivity index (χ0v) is 12.5. The van der Waals surface area contributed by atoms with E-state index in [2.05, 4.69) is 4.37 Å². The highest BCUT2D eigenvalue weighted by molar-refractivity contribution is 7.08. The van der Waals surface area contributed by atoms with Crippen molar-refractivity contribution < 1.29 is 14.7 Å². The Kier molecular flexibility index (Phi) is 3.91. The number of aliphatic hydroxyl groups excluding tert-OH is 1. The van der Waals surface area contributed by atoms with Gasteiger partial charge < -0.3 is 15.7 Å². The highest BCUT2D eigenvalue weighted by atomic mass is 32.1. The van der Waals surface area contributed by atoms with Crippen molar-refractivity contribution in [3.05, 3.63) is 41.3 Å². The third-order valence-electron chi connectivity index (χ3n) is 3.66. The number of aliphatic hydroxyl groups is 1. The minimum atomic E-state index is -0.759. The summed E-state index contributed by atoms with van der Waals surface area (Å²) in [5.74, 6) is -0.919. The fraction of sp³-hybridized carbons (Fsp3) is 0.267. The van der Waals surface area contributed by atoms with Crippen molar-refractivity contribution in [3.8, 4) is 11.3 Å². The van der Waals surface area contributed by atoms with Crippen LogP contribution in [0.25, 0.3) is 11.3 Å². The molecule has 1 fully saturated rings. The summed E-state index contributed by atoms with van der Waals surface area (Å²) in [6.45, 7) is 0.116. The molecule has 1 aliphatic heterocycles. The molecule has 1 aromatic heterocycles. The smallest absolute Gasteiger partial charge is 0.266 e. The van der Waals surface area contributed by atoms with Crippen molar-refractivity contribution in [1.29, 1.82) is 0 Å². The fourth-order valence-corrected chi connectivity index (χ4v) is 3.28. The number of primary amides is 1. The number of amides is 2. The molecular weight excluding hydrogens is 302 g/mol. The van der Waals surface area contributed by atoms with Gasteiger partial charge in [0.1, 0.15) is 10.9 Å². The summed E-state index contributed by atoms with van der Waals surface area (Å²) in [5, 5.41) is 9.68. The van der Waals surface area contributed by atoms with Crippen LogP contribution in [-0.4, -0.2) is 44.9 Å². The first-order valence-corrected chi connectivity index (χ1v) is 7.64. The van der Waals surface area contributed by atoms with Crippen molar-refractivity contribution in [2.75, 3.05) is 6.54 Å². The van der Waals surface area contributed by atoms with Gasteiger partial charge in [0.05, 0.1) is 11.8 Å². The molecule has 22 heavy (non-hydrogen) atoms. The lowest BCUT2D eigenvalue weighted by Gasteiger charge is -2.20. The van der Waals surface area contributed by atoms with E-state index in [1.54, 1.807) is 6.07 Å². The summed E-state index contributed by atoms with van der Waals surface area (Å²) in [5.41, 5.74) is 6.94. The van der Waals surface area contributed by atoms with E-state index in [0.717, 1.165) is 17.1 Å². The lowest BCUT2D eigenvalue weighted by Crippen LogP contribution is -2.43. The van der Waals surface area contributed by atoms with E-state index < -0.39 is 18.1 Å². The molecule has 0 radical (unpaired) electrons. The van der Waals surface area contributed by atoms with Gasteiger partial charge in [0.15, 0.2) is 0 Å². The molecule has 2 amide bonds. The number of aromatic nitrogens is 1. The van der Waals surface area contributed by atoms with E-state index in [-0.39, 0.29) is 18.9 Å². The summed E-state index contributed by atoms with van der Waals surface area (Å²) < 4.78 is 4.28. The number of rotatable bonds is 3. The van der Waals surface area contributed by atoms with Gasteiger partial charge in [-0.2, -0.15) is 4.37 Å². The van der Waals surface area contributed by atoms with Gasteiger partial charge >= 0.3 is 0 Å². The quantitative estimate of drug-likeness (QED) is 0.878. The Morgan fingerprint density at radius 2 is 2.05 bits per heavy atom. The molecule has 1 aromatic carbocycles. The van der Waals surface area contributed by atoms with Crippen LogP contribution in [0.1, 0.15) is 16.1 Å². The van der Waals surface area contributed by atoms with Crippen LogP contribution in [0.2, 0.25) is 0 Å². The summed E-state index contributed by atoms with van der Waals surface area (Å²) in [7, 11) is 0. The molecule has 2 heterocycles. The highest BCUT2D eigenvalue weighted by Gasteiger charge is 2.38. The summed E-state index contributed by atoms with van der Waals surface area (Å²) in [6.07, 6.45) is -0.534. The van der Waals surface area contributed by atoms with Crippen LogP contribution in [0.15, 0.2) is 36.4 Å². The number of hydrogen-bond donors (Lipinski definition) is 2. The summed E-state index contributed by atoms with van der Waals surface area (Å²) in [6, 6.07) is 10.5. The highest BCUT2D eigenvalue weighted by Crippen LogP contribution is 2.26. The number of nitrogens with zero attached hydrogens (tertiary/aromatic N) is 2. The van der Waals surface area contributed by atoms with Crippen molar-refractivity contribution in [1.82, 2.24) is 9.27 Å². The van der Waals surface area contributed by atoms with Gasteiger partial charge in [0.2, 0.25) is 5.91 Å². The predicted octanol–water partition coefficient (Wildman–Crippen LogP) is 0.871. The third-order valence-corrected chi connectivity index (χ3v) is 4.44. The number of hydrogen-bond acceptors (Lipinski definition) is 5. The first kappa shape index (κ1) is 14.7. The van der Waals surface area contributed by atoms with Crippen molar-refractivity contribution in [3.63, 3.8) is 0 Å². The maximum Gasteiger partial charge on any atom is 0.266 e. The van der Waals surface area contributed by atoms with Gasteiger partial charge in [0.25, 0.3) is 5.91 Å². The molecule has 0 unspecified atom stereocenters. The minimum absolute atomic E-state index is 0.116. The second kappa shape index (κ2) is 5.86. The normalized spacial score (nSPS) is 21.0. The van der Waals surface area contributed by atoms with Crippen LogP contribution < -0.4 is 5.73 Å². The van der Waals surface area contributed by atoms with Crippen LogP contribution in [0.5, 0.6) is 0 Å². The maximum atomic E-state index is 12.5. The summed E-state index contributed by atoms with van der Waals surface area (Å²) in [4.78, 5) is 25.7. The molecule has 7 heteroatoms. The molecule has 6 nitrogen and oxygen atoms in total. The van der Waals surface area contributed by atoms with Gasteiger partial charge in [-0.05, 0) is 17.6 Å². The largest absolute Gasteiger partial charge is 0.391 e. The van der Waals surface area contributed by atoms with E-state index in [9.17, 15) is 14.7 Å². The van der Waals surface area contributed by atoms with E-state index in [0.29, 0.717) is 10.6 Å². The number of carbonyl (C=O) groups excluding carboxylic acids is 2. The van der Waals surface area contributed by atoms with Crippen LogP contribution in [0.4, 0.5) is 0 Å².